The van der Waals surface area contributed by atoms with Crippen molar-refractivity contribution in [3.8, 4) is 6.07 Å². The molecule has 1 atom stereocenters. The predicted molar refractivity (Wildman–Crippen MR) is 137 cm³/mol. The second kappa shape index (κ2) is 10.5. The fourth-order valence-electron chi connectivity index (χ4n) is 4.24. The summed E-state index contributed by atoms with van der Waals surface area (Å²) in [7, 11) is -2.58. The molecule has 3 N–H and O–H groups in total. The van der Waals surface area contributed by atoms with Gasteiger partial charge >= 0.3 is 0 Å². The number of nitriles is 1. The van der Waals surface area contributed by atoms with E-state index in [0.29, 0.717) is 35.5 Å². The van der Waals surface area contributed by atoms with Crippen LogP contribution in [0.25, 0.3) is 10.9 Å². The van der Waals surface area contributed by atoms with Crippen LogP contribution in [0.4, 0.5) is 0 Å². The minimum Gasteiger partial charge on any atom is -0.360 e. The van der Waals surface area contributed by atoms with Gasteiger partial charge in [0.2, 0.25) is 15.9 Å². The first-order valence-corrected chi connectivity index (χ1v) is 13.0. The number of piperazine rings is 1. The average molecular weight is 529 g/mol. The second-order valence-corrected chi connectivity index (χ2v) is 10.3. The van der Waals surface area contributed by atoms with Crippen molar-refractivity contribution in [1.29, 1.82) is 10.7 Å². The largest absolute Gasteiger partial charge is 0.360 e. The number of benzene rings is 1. The van der Waals surface area contributed by atoms with E-state index in [1.54, 1.807) is 47.0 Å². The summed E-state index contributed by atoms with van der Waals surface area (Å²) in [6, 6.07) is 9.09. The number of halogens is 1. The van der Waals surface area contributed by atoms with Gasteiger partial charge in [-0.05, 0) is 30.7 Å². The first-order chi connectivity index (χ1) is 17.3. The van der Waals surface area contributed by atoms with Crippen molar-refractivity contribution in [1.82, 2.24) is 24.1 Å². The Labute approximate surface area is 213 Å². The maximum atomic E-state index is 13.6. The van der Waals surface area contributed by atoms with E-state index in [1.165, 1.54) is 17.2 Å². The van der Waals surface area contributed by atoms with Gasteiger partial charge in [-0.3, -0.25) is 15.2 Å². The summed E-state index contributed by atoms with van der Waals surface area (Å²) in [5.41, 5.74) is 0.969. The van der Waals surface area contributed by atoms with E-state index in [0.717, 1.165) is 6.34 Å². The number of aliphatic imine (C=N–C) groups is 1. The van der Waals surface area contributed by atoms with Gasteiger partial charge in [0.15, 0.2) is 0 Å². The maximum Gasteiger partial charge on any atom is 0.242 e. The molecule has 0 radical (unpaired) electrons. The van der Waals surface area contributed by atoms with E-state index in [4.69, 9.17) is 17.0 Å². The van der Waals surface area contributed by atoms with E-state index in [1.807, 2.05) is 0 Å². The summed E-state index contributed by atoms with van der Waals surface area (Å²) in [5, 5.41) is 17.5. The molecule has 188 valence electrons. The summed E-state index contributed by atoms with van der Waals surface area (Å²) in [4.78, 5) is 23.8. The molecule has 1 aliphatic rings. The Hall–Kier alpha value is -3.66. The number of rotatable bonds is 8. The highest BCUT2D eigenvalue weighted by molar-refractivity contribution is 7.89. The molecule has 1 unspecified atom stereocenters. The van der Waals surface area contributed by atoms with Crippen LogP contribution in [0.1, 0.15) is 12.1 Å². The van der Waals surface area contributed by atoms with Crippen molar-refractivity contribution in [2.75, 3.05) is 26.7 Å². The number of carbonyl (C=O) groups excluding carboxylic acids is 1. The van der Waals surface area contributed by atoms with Gasteiger partial charge in [-0.2, -0.15) is 9.98 Å². The molecule has 2 aromatic heterocycles. The number of sulfonamides is 1. The number of fused-ring (bicyclic) bond motifs is 1. The highest BCUT2D eigenvalue weighted by atomic mass is 35.5. The highest BCUT2D eigenvalue weighted by Gasteiger charge is 2.33. The molecule has 0 aliphatic carbocycles. The van der Waals surface area contributed by atoms with Crippen LogP contribution in [0.2, 0.25) is 5.02 Å². The third-order valence-corrected chi connectivity index (χ3v) is 7.92. The van der Waals surface area contributed by atoms with Crippen LogP contribution in [-0.4, -0.2) is 78.6 Å². The second-order valence-electron chi connectivity index (χ2n) is 8.20. The molecule has 4 rings (SSSR count). The lowest BCUT2D eigenvalue weighted by Gasteiger charge is -2.36. The molecule has 0 saturated carbocycles. The maximum absolute atomic E-state index is 13.6. The molecule has 0 bridgehead atoms. The zero-order chi connectivity index (χ0) is 25.9. The van der Waals surface area contributed by atoms with E-state index >= 15 is 0 Å². The first kappa shape index (κ1) is 25.4. The summed E-state index contributed by atoms with van der Waals surface area (Å²) in [6.07, 6.45) is 4.49. The summed E-state index contributed by atoms with van der Waals surface area (Å²) in [6.45, 7) is 1.07. The number of H-pyrrole nitrogens is 1. The number of nitrogens with zero attached hydrogens (tertiary/aromatic N) is 5. The molecular weight excluding hydrogens is 504 g/mol. The molecule has 1 aliphatic heterocycles. The Bertz CT molecular complexity index is 1470. The van der Waals surface area contributed by atoms with Crippen LogP contribution < -0.4 is 4.72 Å². The van der Waals surface area contributed by atoms with Crippen molar-refractivity contribution in [3.63, 3.8) is 0 Å². The highest BCUT2D eigenvalue weighted by Crippen LogP contribution is 2.29. The monoisotopic (exact) mass is 528 g/mol. The van der Waals surface area contributed by atoms with Gasteiger partial charge in [0.05, 0.1) is 22.8 Å². The van der Waals surface area contributed by atoms with Crippen LogP contribution in [0.5, 0.6) is 0 Å². The lowest BCUT2D eigenvalue weighted by atomic mass is 10.1. The fourth-order valence-corrected chi connectivity index (χ4v) is 6.02. The van der Waals surface area contributed by atoms with Gasteiger partial charge in [-0.1, -0.05) is 17.7 Å². The summed E-state index contributed by atoms with van der Waals surface area (Å²) in [5.74, 6) is 0.120. The van der Waals surface area contributed by atoms with Crippen LogP contribution in [-0.2, 0) is 21.4 Å². The van der Waals surface area contributed by atoms with Crippen LogP contribution in [0.3, 0.4) is 0 Å². The lowest BCUT2D eigenvalue weighted by Crippen LogP contribution is -2.56. The Morgan fingerprint density at radius 2 is 2.17 bits per heavy atom. The normalized spacial score (nSPS) is 16.3. The van der Waals surface area contributed by atoms with E-state index in [2.05, 4.69) is 20.8 Å². The first-order valence-electron chi connectivity index (χ1n) is 11.1. The van der Waals surface area contributed by atoms with Crippen LogP contribution in [0, 0.1) is 16.7 Å². The van der Waals surface area contributed by atoms with Crippen LogP contribution in [0.15, 0.2) is 52.6 Å². The Balaban J connectivity index is 1.64. The topological polar surface area (TPSA) is 150 Å². The van der Waals surface area contributed by atoms with E-state index in [-0.39, 0.29) is 29.4 Å². The van der Waals surface area contributed by atoms with Gasteiger partial charge in [-0.15, -0.1) is 0 Å². The molecular formula is C23H25ClN8O3S. The number of amides is 1. The lowest BCUT2D eigenvalue weighted by molar-refractivity contribution is -0.133. The predicted octanol–water partition coefficient (Wildman–Crippen LogP) is 2.01. The van der Waals surface area contributed by atoms with Gasteiger partial charge < -0.3 is 19.4 Å². The summed E-state index contributed by atoms with van der Waals surface area (Å²) >= 11 is 6.26. The van der Waals surface area contributed by atoms with Gasteiger partial charge in [-0.25, -0.2) is 8.42 Å². The Morgan fingerprint density at radius 1 is 1.36 bits per heavy atom. The molecule has 1 saturated heterocycles. The van der Waals surface area contributed by atoms with Crippen molar-refractivity contribution < 1.29 is 13.2 Å². The number of carbonyl (C=O) groups is 1. The summed E-state index contributed by atoms with van der Waals surface area (Å²) < 4.78 is 31.3. The molecule has 1 amide bonds. The molecule has 11 nitrogen and oxygen atoms in total. The zero-order valence-corrected chi connectivity index (χ0v) is 21.1. The number of aryl methyl sites for hydroxylation is 1. The molecule has 36 heavy (non-hydrogen) atoms. The van der Waals surface area contributed by atoms with Gasteiger partial charge in [0, 0.05) is 50.0 Å². The zero-order valence-electron chi connectivity index (χ0n) is 19.5. The number of amidine groups is 1. The Kier molecular flexibility index (Phi) is 7.44. The van der Waals surface area contributed by atoms with Gasteiger partial charge in [0.25, 0.3) is 0 Å². The fraction of sp³-hybridized carbons (Fsp3) is 0.304. The minimum absolute atomic E-state index is 0.0350. The molecule has 3 heterocycles. The van der Waals surface area contributed by atoms with E-state index in [9.17, 15) is 18.5 Å². The smallest absolute Gasteiger partial charge is 0.242 e. The SMILES string of the molecule is CN=C1CN(C(=O)C(CCn2cccc2C#N)NS(=O)(=O)c2cccc3[nH]cc(Cl)c23)CCN1C=N. The van der Waals surface area contributed by atoms with Gasteiger partial charge in [0.1, 0.15) is 23.6 Å². The van der Waals surface area contributed by atoms with Crippen molar-refractivity contribution in [2.45, 2.75) is 23.9 Å². The third kappa shape index (κ3) is 4.99. The molecule has 1 fully saturated rings. The molecule has 1 aromatic carbocycles. The quantitative estimate of drug-likeness (QED) is 0.302. The number of hydrogen-bond acceptors (Lipinski definition) is 6. The molecule has 13 heteroatoms. The minimum atomic E-state index is -4.16. The number of nitrogens with one attached hydrogen (secondary N) is 3. The number of aromatic amines is 1. The van der Waals surface area contributed by atoms with E-state index < -0.39 is 22.0 Å². The van der Waals surface area contributed by atoms with Crippen molar-refractivity contribution in [3.05, 3.63) is 53.4 Å². The molecule has 3 aromatic rings. The average Bonchev–Trinajstić information content (AvgIpc) is 3.51. The number of aromatic nitrogens is 2. The van der Waals surface area contributed by atoms with Crippen molar-refractivity contribution in [2.24, 2.45) is 4.99 Å². The standard InChI is InChI=1S/C23H25ClN8O3S/c1-27-21-14-31(10-11-32(21)15-26)23(33)19(7-9-30-8-3-4-16(30)12-25)29-36(34,35)20-6-2-5-18-22(20)17(24)13-28-18/h2-6,8,13,15,19,26,28-29H,7,9-11,14H2,1H3. The number of hydrogen-bond donors (Lipinski definition) is 3. The Morgan fingerprint density at radius 3 is 2.89 bits per heavy atom. The van der Waals surface area contributed by atoms with Crippen molar-refractivity contribution >= 4 is 50.6 Å². The molecule has 0 spiro atoms. The van der Waals surface area contributed by atoms with Crippen LogP contribution >= 0.6 is 11.6 Å². The third-order valence-electron chi connectivity index (χ3n) is 6.11.